The zero-order valence-electron chi connectivity index (χ0n) is 14.8. The van der Waals surface area contributed by atoms with E-state index in [2.05, 4.69) is 27.1 Å². The Morgan fingerprint density at radius 1 is 1.48 bits per heavy atom. The maximum Gasteiger partial charge on any atom is 0.222 e. The summed E-state index contributed by atoms with van der Waals surface area (Å²) in [5.41, 5.74) is 6.84. The molecule has 27 heavy (non-hydrogen) atoms. The predicted octanol–water partition coefficient (Wildman–Crippen LogP) is 2.11. The van der Waals surface area contributed by atoms with Crippen LogP contribution >= 0.6 is 0 Å². The van der Waals surface area contributed by atoms with Crippen molar-refractivity contribution in [1.82, 2.24) is 9.97 Å². The molecule has 0 aromatic carbocycles. The lowest BCUT2D eigenvalue weighted by Gasteiger charge is -2.13. The number of hydrogen-bond donors (Lipinski definition) is 2. The van der Waals surface area contributed by atoms with Crippen molar-refractivity contribution in [2.24, 2.45) is 0 Å². The topological polar surface area (TPSA) is 99.4 Å². The molecule has 2 aromatic rings. The van der Waals surface area contributed by atoms with Crippen molar-refractivity contribution in [3.8, 4) is 17.6 Å². The number of nitrogens with zero attached hydrogens (tertiary/aromatic N) is 2. The highest BCUT2D eigenvalue weighted by atomic mass is 19.1. The van der Waals surface area contributed by atoms with Crippen LogP contribution in [0.2, 0.25) is 0 Å². The molecule has 3 heterocycles. The molecular formula is C19H19FN4O3. The summed E-state index contributed by atoms with van der Waals surface area (Å²) < 4.78 is 24.9. The van der Waals surface area contributed by atoms with E-state index in [9.17, 15) is 9.18 Å². The second-order valence-corrected chi connectivity index (χ2v) is 6.01. The maximum atomic E-state index is 13.8. The van der Waals surface area contributed by atoms with Crippen molar-refractivity contribution in [3.63, 3.8) is 0 Å². The first-order chi connectivity index (χ1) is 13.0. The van der Waals surface area contributed by atoms with E-state index in [1.807, 2.05) is 0 Å². The summed E-state index contributed by atoms with van der Waals surface area (Å²) in [6, 6.07) is 4.39. The first-order valence-corrected chi connectivity index (χ1v) is 8.47. The number of pyridine rings is 2. The molecule has 0 unspecified atom stereocenters. The van der Waals surface area contributed by atoms with Crippen molar-refractivity contribution < 1.29 is 18.7 Å². The van der Waals surface area contributed by atoms with Crippen LogP contribution in [0.1, 0.15) is 31.0 Å². The standard InChI is InChI=1S/C19H19FN4O3/c1-12(25)23-18-9-13(6-7-22-18)4-5-15-19(21)16(10-17(20)24-15)27-11-14-3-2-8-26-14/h6-7,9-10,14H,2-3,8,11,21H2,1H3,(H,22,23,25)/t14-/m1/s1. The molecule has 0 bridgehead atoms. The molecule has 1 aliphatic heterocycles. The Morgan fingerprint density at radius 3 is 3.07 bits per heavy atom. The Kier molecular flexibility index (Phi) is 5.84. The normalized spacial score (nSPS) is 15.7. The van der Waals surface area contributed by atoms with Crippen LogP contribution in [0.5, 0.6) is 5.75 Å². The van der Waals surface area contributed by atoms with Crippen molar-refractivity contribution in [3.05, 3.63) is 41.6 Å². The highest BCUT2D eigenvalue weighted by molar-refractivity contribution is 5.87. The van der Waals surface area contributed by atoms with Crippen LogP contribution in [-0.2, 0) is 9.53 Å². The third-order valence-corrected chi connectivity index (χ3v) is 3.83. The number of nitrogen functional groups attached to an aromatic ring is 1. The number of amides is 1. The SMILES string of the molecule is CC(=O)Nc1cc(C#Cc2nc(F)cc(OC[C@H]3CCCO3)c2N)ccn1. The fourth-order valence-corrected chi connectivity index (χ4v) is 2.56. The highest BCUT2D eigenvalue weighted by Gasteiger charge is 2.18. The lowest BCUT2D eigenvalue weighted by Crippen LogP contribution is -2.17. The van der Waals surface area contributed by atoms with Crippen molar-refractivity contribution in [2.75, 3.05) is 24.3 Å². The van der Waals surface area contributed by atoms with Gasteiger partial charge in [0.1, 0.15) is 29.6 Å². The average Bonchev–Trinajstić information content (AvgIpc) is 3.14. The van der Waals surface area contributed by atoms with E-state index in [-0.39, 0.29) is 29.1 Å². The van der Waals surface area contributed by atoms with Gasteiger partial charge in [0, 0.05) is 31.4 Å². The number of nitrogens with one attached hydrogen (secondary N) is 1. The zero-order chi connectivity index (χ0) is 19.2. The molecule has 7 nitrogen and oxygen atoms in total. The minimum absolute atomic E-state index is 0.0147. The van der Waals surface area contributed by atoms with Gasteiger partial charge >= 0.3 is 0 Å². The van der Waals surface area contributed by atoms with E-state index in [0.717, 1.165) is 18.9 Å². The Bertz CT molecular complexity index is 902. The molecular weight excluding hydrogens is 351 g/mol. The molecule has 3 N–H and O–H groups in total. The summed E-state index contributed by atoms with van der Waals surface area (Å²) in [5, 5.41) is 2.57. The number of halogens is 1. The van der Waals surface area contributed by atoms with Crippen molar-refractivity contribution in [1.29, 1.82) is 0 Å². The van der Waals surface area contributed by atoms with Gasteiger partial charge in [0.25, 0.3) is 0 Å². The van der Waals surface area contributed by atoms with Gasteiger partial charge in [0.15, 0.2) is 0 Å². The molecule has 140 valence electrons. The van der Waals surface area contributed by atoms with Crippen LogP contribution in [0.4, 0.5) is 15.9 Å². The van der Waals surface area contributed by atoms with Crippen LogP contribution in [0.3, 0.4) is 0 Å². The molecule has 1 saturated heterocycles. The summed E-state index contributed by atoms with van der Waals surface area (Å²) in [7, 11) is 0. The van der Waals surface area contributed by atoms with E-state index in [0.29, 0.717) is 24.6 Å². The fraction of sp³-hybridized carbons (Fsp3) is 0.316. The summed E-state index contributed by atoms with van der Waals surface area (Å²) in [6.45, 7) is 2.39. The molecule has 2 aromatic heterocycles. The molecule has 8 heteroatoms. The van der Waals surface area contributed by atoms with Crippen LogP contribution in [0.25, 0.3) is 0 Å². The summed E-state index contributed by atoms with van der Waals surface area (Å²) in [5.74, 6) is 5.17. The Balaban J connectivity index is 1.79. The minimum atomic E-state index is -0.732. The third-order valence-electron chi connectivity index (χ3n) is 3.83. The lowest BCUT2D eigenvalue weighted by atomic mass is 10.2. The Morgan fingerprint density at radius 2 is 2.33 bits per heavy atom. The van der Waals surface area contributed by atoms with Gasteiger partial charge in [0.2, 0.25) is 11.9 Å². The van der Waals surface area contributed by atoms with Gasteiger partial charge in [-0.1, -0.05) is 5.92 Å². The number of ether oxygens (including phenoxy) is 2. The predicted molar refractivity (Wildman–Crippen MR) is 97.6 cm³/mol. The maximum absolute atomic E-state index is 13.8. The molecule has 1 fully saturated rings. The Hall–Kier alpha value is -3.18. The van der Waals surface area contributed by atoms with Crippen LogP contribution < -0.4 is 15.8 Å². The second-order valence-electron chi connectivity index (χ2n) is 6.01. The summed E-state index contributed by atoms with van der Waals surface area (Å²) in [4.78, 5) is 18.8. The second kappa shape index (κ2) is 8.47. The molecule has 1 amide bonds. The smallest absolute Gasteiger partial charge is 0.222 e. The number of nitrogens with two attached hydrogens (primary N) is 1. The van der Waals surface area contributed by atoms with Gasteiger partial charge in [-0.05, 0) is 30.9 Å². The van der Waals surface area contributed by atoms with E-state index < -0.39 is 5.95 Å². The molecule has 0 radical (unpaired) electrons. The fourth-order valence-electron chi connectivity index (χ4n) is 2.56. The van der Waals surface area contributed by atoms with Crippen molar-refractivity contribution >= 4 is 17.4 Å². The van der Waals surface area contributed by atoms with Crippen LogP contribution in [0.15, 0.2) is 24.4 Å². The number of carbonyl (C=O) groups excluding carboxylic acids is 1. The largest absolute Gasteiger partial charge is 0.488 e. The minimum Gasteiger partial charge on any atom is -0.488 e. The third kappa shape index (κ3) is 5.15. The number of carbonyl (C=O) groups is 1. The van der Waals surface area contributed by atoms with Gasteiger partial charge in [-0.3, -0.25) is 4.79 Å². The van der Waals surface area contributed by atoms with Crippen LogP contribution in [0, 0.1) is 17.8 Å². The Labute approximate surface area is 156 Å². The number of rotatable bonds is 4. The zero-order valence-corrected chi connectivity index (χ0v) is 14.8. The van der Waals surface area contributed by atoms with Gasteiger partial charge in [0.05, 0.1) is 6.10 Å². The molecule has 0 saturated carbocycles. The molecule has 3 rings (SSSR count). The van der Waals surface area contributed by atoms with E-state index in [1.165, 1.54) is 13.1 Å². The van der Waals surface area contributed by atoms with E-state index in [4.69, 9.17) is 15.2 Å². The van der Waals surface area contributed by atoms with Gasteiger partial charge in [-0.15, -0.1) is 0 Å². The lowest BCUT2D eigenvalue weighted by molar-refractivity contribution is -0.114. The molecule has 0 aliphatic carbocycles. The number of hydrogen-bond acceptors (Lipinski definition) is 6. The quantitative estimate of drug-likeness (QED) is 0.632. The van der Waals surface area contributed by atoms with E-state index >= 15 is 0 Å². The van der Waals surface area contributed by atoms with E-state index in [1.54, 1.807) is 12.1 Å². The first-order valence-electron chi connectivity index (χ1n) is 8.47. The van der Waals surface area contributed by atoms with Gasteiger partial charge in [-0.2, -0.15) is 4.39 Å². The molecule has 1 aliphatic rings. The highest BCUT2D eigenvalue weighted by Crippen LogP contribution is 2.25. The van der Waals surface area contributed by atoms with Gasteiger partial charge in [-0.25, -0.2) is 9.97 Å². The number of aromatic nitrogens is 2. The van der Waals surface area contributed by atoms with Crippen LogP contribution in [-0.4, -0.2) is 35.2 Å². The first kappa shape index (κ1) is 18.6. The summed E-state index contributed by atoms with van der Waals surface area (Å²) in [6.07, 6.45) is 3.38. The monoisotopic (exact) mass is 370 g/mol. The van der Waals surface area contributed by atoms with Gasteiger partial charge < -0.3 is 20.5 Å². The van der Waals surface area contributed by atoms with Crippen molar-refractivity contribution in [2.45, 2.75) is 25.9 Å². The molecule has 1 atom stereocenters. The average molecular weight is 370 g/mol. The summed E-state index contributed by atoms with van der Waals surface area (Å²) >= 11 is 0. The molecule has 0 spiro atoms. The number of anilines is 2.